The molecule has 102 valence electrons. The zero-order valence-electron chi connectivity index (χ0n) is 10.1. The van der Waals surface area contributed by atoms with Crippen molar-refractivity contribution < 1.29 is 8.42 Å². The van der Waals surface area contributed by atoms with Gasteiger partial charge in [0.2, 0.25) is 10.0 Å². The second-order valence-electron chi connectivity index (χ2n) is 3.86. The van der Waals surface area contributed by atoms with E-state index in [1.165, 1.54) is 29.5 Å². The largest absolute Gasteiger partial charge is 0.399 e. The van der Waals surface area contributed by atoms with Crippen molar-refractivity contribution >= 4 is 38.6 Å². The van der Waals surface area contributed by atoms with Crippen molar-refractivity contribution in [3.63, 3.8) is 0 Å². The first-order valence-corrected chi connectivity index (χ1v) is 8.02. The predicted octanol–water partition coefficient (Wildman–Crippen LogP) is 2.17. The van der Waals surface area contributed by atoms with Crippen LogP contribution in [-0.2, 0) is 16.6 Å². The molecule has 0 spiro atoms. The summed E-state index contributed by atoms with van der Waals surface area (Å²) in [5, 5.41) is 0.993. The molecule has 0 saturated heterocycles. The van der Waals surface area contributed by atoms with E-state index in [2.05, 4.69) is 9.71 Å². The number of hydrogen-bond donors (Lipinski definition) is 2. The van der Waals surface area contributed by atoms with Gasteiger partial charge in [0.1, 0.15) is 4.90 Å². The maximum absolute atomic E-state index is 12.1. The minimum absolute atomic E-state index is 0.0182. The molecule has 5 nitrogen and oxygen atoms in total. The lowest BCUT2D eigenvalue weighted by Gasteiger charge is -2.07. The zero-order valence-corrected chi connectivity index (χ0v) is 12.4. The fourth-order valence-corrected chi connectivity index (χ4v) is 3.85. The average molecular weight is 318 g/mol. The number of nitrogen functional groups attached to an aromatic ring is 1. The quantitative estimate of drug-likeness (QED) is 0.846. The number of halogens is 1. The van der Waals surface area contributed by atoms with E-state index in [-0.39, 0.29) is 16.5 Å². The van der Waals surface area contributed by atoms with Gasteiger partial charge in [-0.25, -0.2) is 18.1 Å². The van der Waals surface area contributed by atoms with Gasteiger partial charge in [0.25, 0.3) is 0 Å². The number of hydrogen-bond acceptors (Lipinski definition) is 5. The van der Waals surface area contributed by atoms with Crippen LogP contribution in [-0.4, -0.2) is 13.4 Å². The molecule has 1 aromatic heterocycles. The normalized spacial score (nSPS) is 11.7. The third-order valence-electron chi connectivity index (χ3n) is 2.35. The molecule has 1 aromatic carbocycles. The monoisotopic (exact) mass is 317 g/mol. The Balaban J connectivity index is 2.18. The summed E-state index contributed by atoms with van der Waals surface area (Å²) in [5.74, 6) is 0. The number of nitrogens with two attached hydrogens (primary N) is 1. The molecule has 0 atom stereocenters. The van der Waals surface area contributed by atoms with Gasteiger partial charge >= 0.3 is 0 Å². The number of sulfonamides is 1. The molecule has 0 aliphatic heterocycles. The number of aryl methyl sites for hydroxylation is 1. The van der Waals surface area contributed by atoms with Gasteiger partial charge in [-0.15, -0.1) is 11.3 Å². The second-order valence-corrected chi connectivity index (χ2v) is 7.32. The van der Waals surface area contributed by atoms with Crippen molar-refractivity contribution in [2.24, 2.45) is 0 Å². The van der Waals surface area contributed by atoms with Crippen molar-refractivity contribution in [1.82, 2.24) is 9.71 Å². The number of nitrogens with one attached hydrogen (secondary N) is 1. The van der Waals surface area contributed by atoms with E-state index in [9.17, 15) is 8.42 Å². The molecule has 0 amide bonds. The summed E-state index contributed by atoms with van der Waals surface area (Å²) in [4.78, 5) is 4.92. The first-order chi connectivity index (χ1) is 8.88. The van der Waals surface area contributed by atoms with Gasteiger partial charge < -0.3 is 5.73 Å². The molecule has 0 radical (unpaired) electrons. The molecule has 19 heavy (non-hydrogen) atoms. The van der Waals surface area contributed by atoms with Crippen molar-refractivity contribution in [1.29, 1.82) is 0 Å². The summed E-state index contributed by atoms with van der Waals surface area (Å²) in [7, 11) is -3.66. The molecule has 1 heterocycles. The molecular weight excluding hydrogens is 306 g/mol. The van der Waals surface area contributed by atoms with Gasteiger partial charge in [-0.2, -0.15) is 0 Å². The second kappa shape index (κ2) is 5.46. The Morgan fingerprint density at radius 3 is 2.79 bits per heavy atom. The van der Waals surface area contributed by atoms with Gasteiger partial charge in [-0.05, 0) is 25.1 Å². The summed E-state index contributed by atoms with van der Waals surface area (Å²) in [6.07, 6.45) is 1.65. The highest BCUT2D eigenvalue weighted by molar-refractivity contribution is 7.89. The molecular formula is C11H12ClN3O2S2. The van der Waals surface area contributed by atoms with E-state index < -0.39 is 10.0 Å². The van der Waals surface area contributed by atoms with Crippen LogP contribution in [0.2, 0.25) is 5.02 Å². The molecule has 0 bridgehead atoms. The Bertz CT molecular complexity index is 698. The smallest absolute Gasteiger partial charge is 0.242 e. The number of thiazole rings is 1. The van der Waals surface area contributed by atoms with E-state index in [4.69, 9.17) is 17.3 Å². The minimum Gasteiger partial charge on any atom is -0.399 e. The Hall–Kier alpha value is -1.15. The lowest BCUT2D eigenvalue weighted by molar-refractivity contribution is 0.582. The summed E-state index contributed by atoms with van der Waals surface area (Å²) in [6, 6.07) is 4.29. The van der Waals surface area contributed by atoms with Crippen LogP contribution in [0.15, 0.2) is 29.3 Å². The van der Waals surface area contributed by atoms with Crippen LogP contribution in [0.4, 0.5) is 5.69 Å². The maximum atomic E-state index is 12.1. The molecule has 0 saturated carbocycles. The van der Waals surface area contributed by atoms with Gasteiger partial charge in [0.15, 0.2) is 0 Å². The van der Waals surface area contributed by atoms with Gasteiger partial charge in [0, 0.05) is 23.3 Å². The van der Waals surface area contributed by atoms with E-state index in [1.54, 1.807) is 6.20 Å². The Kier molecular flexibility index (Phi) is 4.10. The van der Waals surface area contributed by atoms with E-state index >= 15 is 0 Å². The summed E-state index contributed by atoms with van der Waals surface area (Å²) in [5.41, 5.74) is 5.95. The van der Waals surface area contributed by atoms with Gasteiger partial charge in [-0.1, -0.05) is 11.6 Å². The lowest BCUT2D eigenvalue weighted by Crippen LogP contribution is -2.23. The van der Waals surface area contributed by atoms with E-state index in [1.807, 2.05) is 6.92 Å². The first kappa shape index (κ1) is 14.3. The number of rotatable bonds is 4. The molecule has 0 aliphatic carbocycles. The SMILES string of the molecule is Cc1ncc(CNS(=O)(=O)c2ccc(N)cc2Cl)s1. The molecule has 0 aliphatic rings. The van der Waals surface area contributed by atoms with Crippen LogP contribution in [0.1, 0.15) is 9.88 Å². The first-order valence-electron chi connectivity index (χ1n) is 5.34. The van der Waals surface area contributed by atoms with Crippen molar-refractivity contribution in [2.75, 3.05) is 5.73 Å². The minimum atomic E-state index is -3.66. The molecule has 2 rings (SSSR count). The number of nitrogens with zero attached hydrogens (tertiary/aromatic N) is 1. The standard InChI is InChI=1S/C11H12ClN3O2S2/c1-7-14-5-9(18-7)6-15-19(16,17)11-3-2-8(13)4-10(11)12/h2-5,15H,6,13H2,1H3. The topological polar surface area (TPSA) is 85.1 Å². The third kappa shape index (κ3) is 3.44. The number of aromatic nitrogens is 1. The summed E-state index contributed by atoms with van der Waals surface area (Å²) in [6.45, 7) is 2.05. The maximum Gasteiger partial charge on any atom is 0.242 e. The predicted molar refractivity (Wildman–Crippen MR) is 76.7 cm³/mol. The third-order valence-corrected chi connectivity index (χ3v) is 5.15. The molecule has 3 N–H and O–H groups in total. The van der Waals surface area contributed by atoms with Crippen LogP contribution in [0.3, 0.4) is 0 Å². The van der Waals surface area contributed by atoms with Crippen molar-refractivity contribution in [2.45, 2.75) is 18.4 Å². The number of anilines is 1. The Labute approximate surface area is 120 Å². The summed E-state index contributed by atoms with van der Waals surface area (Å²) < 4.78 is 26.7. The molecule has 2 aromatic rings. The van der Waals surface area contributed by atoms with E-state index in [0.29, 0.717) is 5.69 Å². The fourth-order valence-electron chi connectivity index (χ4n) is 1.47. The van der Waals surface area contributed by atoms with Crippen molar-refractivity contribution in [3.05, 3.63) is 39.3 Å². The highest BCUT2D eigenvalue weighted by Crippen LogP contribution is 2.24. The zero-order chi connectivity index (χ0) is 14.0. The van der Waals surface area contributed by atoms with Crippen LogP contribution in [0.25, 0.3) is 0 Å². The van der Waals surface area contributed by atoms with Crippen LogP contribution < -0.4 is 10.5 Å². The van der Waals surface area contributed by atoms with Crippen molar-refractivity contribution in [3.8, 4) is 0 Å². The van der Waals surface area contributed by atoms with Crippen LogP contribution >= 0.6 is 22.9 Å². The molecule has 8 heteroatoms. The molecule has 0 unspecified atom stereocenters. The summed E-state index contributed by atoms with van der Waals surface area (Å²) >= 11 is 7.33. The van der Waals surface area contributed by atoms with Crippen LogP contribution in [0.5, 0.6) is 0 Å². The van der Waals surface area contributed by atoms with Gasteiger partial charge in [0.05, 0.1) is 10.0 Å². The molecule has 0 fully saturated rings. The van der Waals surface area contributed by atoms with Gasteiger partial charge in [-0.3, -0.25) is 0 Å². The Morgan fingerprint density at radius 1 is 1.47 bits per heavy atom. The average Bonchev–Trinajstić information content (AvgIpc) is 2.72. The highest BCUT2D eigenvalue weighted by Gasteiger charge is 2.18. The highest BCUT2D eigenvalue weighted by atomic mass is 35.5. The lowest BCUT2D eigenvalue weighted by atomic mass is 10.3. The number of benzene rings is 1. The Morgan fingerprint density at radius 2 is 2.21 bits per heavy atom. The van der Waals surface area contributed by atoms with E-state index in [0.717, 1.165) is 9.88 Å². The fraction of sp³-hybridized carbons (Fsp3) is 0.182. The van der Waals surface area contributed by atoms with Crippen LogP contribution in [0, 0.1) is 6.92 Å².